The average molecular weight is 346 g/mol. The minimum atomic E-state index is -0.306. The van der Waals surface area contributed by atoms with Gasteiger partial charge in [0.1, 0.15) is 5.75 Å². The highest BCUT2D eigenvalue weighted by Crippen LogP contribution is 2.40. The van der Waals surface area contributed by atoms with Gasteiger partial charge in [-0.1, -0.05) is 24.3 Å². The van der Waals surface area contributed by atoms with Crippen LogP contribution in [0.1, 0.15) is 38.2 Å². The zero-order valence-electron chi connectivity index (χ0n) is 15.3. The van der Waals surface area contributed by atoms with Crippen molar-refractivity contribution in [3.63, 3.8) is 0 Å². The fourth-order valence-corrected chi connectivity index (χ4v) is 4.11. The van der Waals surface area contributed by atoms with Gasteiger partial charge in [-0.3, -0.25) is 0 Å². The van der Waals surface area contributed by atoms with Gasteiger partial charge >= 0.3 is 0 Å². The normalized spacial score (nSPS) is 32.5. The lowest BCUT2D eigenvalue weighted by Crippen LogP contribution is -2.39. The van der Waals surface area contributed by atoms with Crippen LogP contribution in [0, 0.1) is 11.8 Å². The summed E-state index contributed by atoms with van der Waals surface area (Å²) in [4.78, 5) is 0. The number of hydrogen-bond acceptors (Lipinski definition) is 4. The summed E-state index contributed by atoms with van der Waals surface area (Å²) in [6.07, 6.45) is 3.98. The lowest BCUT2D eigenvalue weighted by Gasteiger charge is -2.34. The number of rotatable bonds is 6. The van der Waals surface area contributed by atoms with Crippen molar-refractivity contribution in [2.75, 3.05) is 13.7 Å². The largest absolute Gasteiger partial charge is 0.497 e. The summed E-state index contributed by atoms with van der Waals surface area (Å²) in [6, 6.07) is 7.95. The number of benzene rings is 1. The number of aliphatic hydroxyl groups excluding tert-OH is 1. The van der Waals surface area contributed by atoms with Crippen LogP contribution < -0.4 is 4.74 Å². The van der Waals surface area contributed by atoms with Crippen LogP contribution in [-0.2, 0) is 16.1 Å². The Morgan fingerprint density at radius 1 is 1.20 bits per heavy atom. The number of ether oxygens (including phenoxy) is 3. The smallest absolute Gasteiger partial charge is 0.118 e. The molecule has 0 bridgehead atoms. The third kappa shape index (κ3) is 4.43. The SMILES string of the molecule is C=C(C)[C@H]1CC[C@H]([C@H]2CC[C@H](OCc3ccc(OC)cc3)CO2)[C@H]1O. The molecule has 1 aliphatic carbocycles. The second-order valence-electron chi connectivity index (χ2n) is 7.41. The van der Waals surface area contributed by atoms with Crippen LogP contribution in [0.15, 0.2) is 36.4 Å². The number of hydrogen-bond donors (Lipinski definition) is 1. The van der Waals surface area contributed by atoms with Crippen LogP contribution in [0.5, 0.6) is 5.75 Å². The van der Waals surface area contributed by atoms with Crippen molar-refractivity contribution in [2.45, 2.75) is 57.5 Å². The van der Waals surface area contributed by atoms with E-state index in [9.17, 15) is 5.11 Å². The van der Waals surface area contributed by atoms with Crippen molar-refractivity contribution in [1.82, 2.24) is 0 Å². The Balaban J connectivity index is 1.43. The first-order valence-electron chi connectivity index (χ1n) is 9.28. The molecule has 1 N–H and O–H groups in total. The molecule has 5 atom stereocenters. The molecule has 1 heterocycles. The van der Waals surface area contributed by atoms with Gasteiger partial charge in [0.25, 0.3) is 0 Å². The Morgan fingerprint density at radius 2 is 1.96 bits per heavy atom. The summed E-state index contributed by atoms with van der Waals surface area (Å²) in [5.41, 5.74) is 2.23. The second kappa shape index (κ2) is 8.35. The van der Waals surface area contributed by atoms with E-state index in [2.05, 4.69) is 6.58 Å². The standard InChI is InChI=1S/C21H30O4/c1-14(2)18-9-10-19(21(18)22)20-11-8-17(13-25-20)24-12-15-4-6-16(23-3)7-5-15/h4-7,17-22H,1,8-13H2,2-3H3/t17-,18+,19+,20+,21-/m0/s1. The molecule has 0 spiro atoms. The number of aliphatic hydroxyl groups is 1. The van der Waals surface area contributed by atoms with Crippen molar-refractivity contribution in [2.24, 2.45) is 11.8 Å². The van der Waals surface area contributed by atoms with Gasteiger partial charge in [0.05, 0.1) is 38.6 Å². The van der Waals surface area contributed by atoms with Crippen molar-refractivity contribution in [3.8, 4) is 5.75 Å². The summed E-state index contributed by atoms with van der Waals surface area (Å²) in [6.45, 7) is 7.23. The molecule has 3 rings (SSSR count). The predicted molar refractivity (Wildman–Crippen MR) is 97.6 cm³/mol. The van der Waals surface area contributed by atoms with Crippen molar-refractivity contribution < 1.29 is 19.3 Å². The van der Waals surface area contributed by atoms with Crippen LogP contribution in [-0.4, -0.2) is 37.1 Å². The fraction of sp³-hybridized carbons (Fsp3) is 0.619. The van der Waals surface area contributed by atoms with E-state index in [-0.39, 0.29) is 30.1 Å². The topological polar surface area (TPSA) is 47.9 Å². The van der Waals surface area contributed by atoms with Gasteiger partial charge in [0.15, 0.2) is 0 Å². The maximum Gasteiger partial charge on any atom is 0.118 e. The molecular weight excluding hydrogens is 316 g/mol. The molecule has 0 amide bonds. The molecule has 1 saturated heterocycles. The molecule has 4 heteroatoms. The van der Waals surface area contributed by atoms with E-state index in [1.165, 1.54) is 0 Å². The highest BCUT2D eigenvalue weighted by molar-refractivity contribution is 5.26. The lowest BCUT2D eigenvalue weighted by molar-refractivity contribution is -0.119. The monoisotopic (exact) mass is 346 g/mol. The average Bonchev–Trinajstić information content (AvgIpc) is 3.02. The molecule has 2 fully saturated rings. The maximum atomic E-state index is 10.5. The third-order valence-electron chi connectivity index (χ3n) is 5.69. The summed E-state index contributed by atoms with van der Waals surface area (Å²) < 4.78 is 17.2. The van der Waals surface area contributed by atoms with E-state index in [0.29, 0.717) is 13.2 Å². The second-order valence-corrected chi connectivity index (χ2v) is 7.41. The molecule has 25 heavy (non-hydrogen) atoms. The maximum absolute atomic E-state index is 10.5. The molecule has 2 aliphatic rings. The summed E-state index contributed by atoms with van der Waals surface area (Å²) >= 11 is 0. The molecule has 4 nitrogen and oxygen atoms in total. The van der Waals surface area contributed by atoms with E-state index >= 15 is 0 Å². The van der Waals surface area contributed by atoms with E-state index in [4.69, 9.17) is 14.2 Å². The van der Waals surface area contributed by atoms with Crippen LogP contribution in [0.2, 0.25) is 0 Å². The first-order chi connectivity index (χ1) is 12.1. The third-order valence-corrected chi connectivity index (χ3v) is 5.69. The molecule has 0 radical (unpaired) electrons. The summed E-state index contributed by atoms with van der Waals surface area (Å²) in [5.74, 6) is 1.33. The first kappa shape index (κ1) is 18.4. The molecule has 138 valence electrons. The zero-order chi connectivity index (χ0) is 17.8. The first-order valence-corrected chi connectivity index (χ1v) is 9.28. The Bertz CT molecular complexity index is 560. The zero-order valence-corrected chi connectivity index (χ0v) is 15.3. The Hall–Kier alpha value is -1.36. The molecule has 1 saturated carbocycles. The Morgan fingerprint density at radius 3 is 2.52 bits per heavy atom. The van der Waals surface area contributed by atoms with Gasteiger partial charge in [0, 0.05) is 11.8 Å². The summed E-state index contributed by atoms with van der Waals surface area (Å²) in [5, 5.41) is 10.5. The van der Waals surface area contributed by atoms with E-state index < -0.39 is 0 Å². The van der Waals surface area contributed by atoms with Crippen LogP contribution >= 0.6 is 0 Å². The van der Waals surface area contributed by atoms with E-state index in [0.717, 1.165) is 42.6 Å². The summed E-state index contributed by atoms with van der Waals surface area (Å²) in [7, 11) is 1.67. The molecule has 0 aromatic heterocycles. The molecule has 0 unspecified atom stereocenters. The van der Waals surface area contributed by atoms with Gasteiger partial charge in [-0.05, 0) is 50.3 Å². The Labute approximate surface area is 150 Å². The molecule has 1 aromatic carbocycles. The Kier molecular flexibility index (Phi) is 6.15. The van der Waals surface area contributed by atoms with E-state index in [1.807, 2.05) is 31.2 Å². The van der Waals surface area contributed by atoms with Crippen LogP contribution in [0.4, 0.5) is 0 Å². The lowest BCUT2D eigenvalue weighted by atomic mass is 9.89. The quantitative estimate of drug-likeness (QED) is 0.798. The minimum absolute atomic E-state index is 0.133. The van der Waals surface area contributed by atoms with Crippen molar-refractivity contribution >= 4 is 0 Å². The van der Waals surface area contributed by atoms with Crippen molar-refractivity contribution in [1.29, 1.82) is 0 Å². The molecule has 1 aliphatic heterocycles. The van der Waals surface area contributed by atoms with Crippen LogP contribution in [0.3, 0.4) is 0 Å². The highest BCUT2D eigenvalue weighted by Gasteiger charge is 2.41. The minimum Gasteiger partial charge on any atom is -0.497 e. The highest BCUT2D eigenvalue weighted by atomic mass is 16.5. The van der Waals surface area contributed by atoms with Gasteiger partial charge in [-0.15, -0.1) is 0 Å². The fourth-order valence-electron chi connectivity index (χ4n) is 4.11. The predicted octanol–water partition coefficient (Wildman–Crippen LogP) is 3.72. The van der Waals surface area contributed by atoms with Crippen LogP contribution in [0.25, 0.3) is 0 Å². The number of methoxy groups -OCH3 is 1. The molecule has 1 aromatic rings. The van der Waals surface area contributed by atoms with Gasteiger partial charge in [-0.25, -0.2) is 0 Å². The van der Waals surface area contributed by atoms with Gasteiger partial charge < -0.3 is 19.3 Å². The van der Waals surface area contributed by atoms with E-state index in [1.54, 1.807) is 7.11 Å². The van der Waals surface area contributed by atoms with Gasteiger partial charge in [-0.2, -0.15) is 0 Å². The van der Waals surface area contributed by atoms with Crippen molar-refractivity contribution in [3.05, 3.63) is 42.0 Å². The molecular formula is C21H30O4. The van der Waals surface area contributed by atoms with Gasteiger partial charge in [0.2, 0.25) is 0 Å².